The van der Waals surface area contributed by atoms with E-state index in [2.05, 4.69) is 24.2 Å². The number of aliphatic hydroxyl groups is 1. The lowest BCUT2D eigenvalue weighted by molar-refractivity contribution is 0.0902. The Morgan fingerprint density at radius 2 is 1.75 bits per heavy atom. The molecule has 1 aromatic heterocycles. The van der Waals surface area contributed by atoms with Crippen molar-refractivity contribution in [1.29, 1.82) is 0 Å². The maximum Gasteiger partial charge on any atom is 0.101 e. The van der Waals surface area contributed by atoms with Gasteiger partial charge in [0.15, 0.2) is 0 Å². The highest BCUT2D eigenvalue weighted by atomic mass is 16.3. The second kappa shape index (κ2) is 7.20. The van der Waals surface area contributed by atoms with Gasteiger partial charge in [0.25, 0.3) is 0 Å². The lowest BCUT2D eigenvalue weighted by atomic mass is 9.91. The quantitative estimate of drug-likeness (QED) is 0.839. The second-order valence-electron chi connectivity index (χ2n) is 5.19. The largest absolute Gasteiger partial charge is 0.386 e. The summed E-state index contributed by atoms with van der Waals surface area (Å²) in [6.07, 6.45) is 5.37. The summed E-state index contributed by atoms with van der Waals surface area (Å²) in [5.41, 5.74) is 1.72. The fourth-order valence-corrected chi connectivity index (χ4v) is 2.66. The van der Waals surface area contributed by atoms with Crippen LogP contribution in [0.5, 0.6) is 0 Å². The molecule has 1 unspecified atom stereocenters. The summed E-state index contributed by atoms with van der Waals surface area (Å²) >= 11 is 0. The third kappa shape index (κ3) is 3.25. The maximum absolute atomic E-state index is 10.7. The molecule has 20 heavy (non-hydrogen) atoms. The Kier molecular flexibility index (Phi) is 5.30. The predicted octanol–water partition coefficient (Wildman–Crippen LogP) is 3.52. The lowest BCUT2D eigenvalue weighted by Crippen LogP contribution is -2.16. The molecule has 0 aliphatic carbocycles. The van der Waals surface area contributed by atoms with Gasteiger partial charge in [0.05, 0.1) is 17.6 Å². The molecule has 0 radical (unpaired) electrons. The molecule has 0 aliphatic rings. The van der Waals surface area contributed by atoms with Crippen molar-refractivity contribution in [3.63, 3.8) is 0 Å². The first-order valence-electron chi connectivity index (χ1n) is 7.42. The number of para-hydroxylation sites is 1. The van der Waals surface area contributed by atoms with E-state index in [0.29, 0.717) is 0 Å². The van der Waals surface area contributed by atoms with E-state index in [9.17, 15) is 5.11 Å². The fraction of sp³-hybridized carbons (Fsp3) is 0.500. The Morgan fingerprint density at radius 1 is 1.10 bits per heavy atom. The number of rotatable bonds is 7. The monoisotopic (exact) mass is 273 g/mol. The first-order valence-corrected chi connectivity index (χ1v) is 7.42. The number of aliphatic hydroxyl groups excluding tert-OH is 1. The molecule has 1 aromatic carbocycles. The van der Waals surface area contributed by atoms with E-state index in [1.54, 1.807) is 10.9 Å². The van der Waals surface area contributed by atoms with Crippen LogP contribution in [-0.4, -0.2) is 20.1 Å². The summed E-state index contributed by atoms with van der Waals surface area (Å²) in [7, 11) is 0. The van der Waals surface area contributed by atoms with Crippen LogP contribution in [-0.2, 0) is 0 Å². The molecule has 0 amide bonds. The Morgan fingerprint density at radius 3 is 2.35 bits per heavy atom. The number of nitrogens with zero attached hydrogens (tertiary/aromatic N) is 3. The third-order valence-electron chi connectivity index (χ3n) is 3.64. The SMILES string of the molecule is CCCC(CCC)C(O)c1cnnn1-c1ccccc1. The van der Waals surface area contributed by atoms with Gasteiger partial charge in [0, 0.05) is 0 Å². The Bertz CT molecular complexity index is 503. The van der Waals surface area contributed by atoms with E-state index < -0.39 is 6.10 Å². The summed E-state index contributed by atoms with van der Waals surface area (Å²) in [4.78, 5) is 0. The second-order valence-corrected chi connectivity index (χ2v) is 5.19. The molecule has 2 rings (SSSR count). The summed E-state index contributed by atoms with van der Waals surface area (Å²) in [6.45, 7) is 4.31. The maximum atomic E-state index is 10.7. The highest BCUT2D eigenvalue weighted by Crippen LogP contribution is 2.30. The lowest BCUT2D eigenvalue weighted by Gasteiger charge is -2.22. The van der Waals surface area contributed by atoms with Crippen LogP contribution in [0.4, 0.5) is 0 Å². The van der Waals surface area contributed by atoms with Gasteiger partial charge in [-0.3, -0.25) is 0 Å². The summed E-state index contributed by atoms with van der Waals surface area (Å²) < 4.78 is 1.74. The van der Waals surface area contributed by atoms with Crippen molar-refractivity contribution in [2.24, 2.45) is 5.92 Å². The van der Waals surface area contributed by atoms with Gasteiger partial charge in [-0.05, 0) is 30.9 Å². The third-order valence-corrected chi connectivity index (χ3v) is 3.64. The van der Waals surface area contributed by atoms with Crippen molar-refractivity contribution in [2.45, 2.75) is 45.6 Å². The van der Waals surface area contributed by atoms with E-state index in [1.165, 1.54) is 0 Å². The zero-order chi connectivity index (χ0) is 14.4. The number of aromatic nitrogens is 3. The van der Waals surface area contributed by atoms with Crippen LogP contribution in [0.1, 0.15) is 51.3 Å². The molecule has 0 saturated carbocycles. The van der Waals surface area contributed by atoms with Crippen LogP contribution in [0.25, 0.3) is 5.69 Å². The first-order chi connectivity index (χ1) is 9.77. The highest BCUT2D eigenvalue weighted by Gasteiger charge is 2.23. The molecule has 0 saturated heterocycles. The van der Waals surface area contributed by atoms with Crippen LogP contribution < -0.4 is 0 Å². The number of benzene rings is 1. The van der Waals surface area contributed by atoms with E-state index in [0.717, 1.165) is 37.1 Å². The zero-order valence-electron chi connectivity index (χ0n) is 12.2. The standard InChI is InChI=1S/C16H23N3O/c1-3-8-13(9-4-2)16(20)15-12-17-18-19(15)14-10-6-5-7-11-14/h5-7,10-13,16,20H,3-4,8-9H2,1-2H3. The van der Waals surface area contributed by atoms with Crippen LogP contribution in [0, 0.1) is 5.92 Å². The molecule has 0 bridgehead atoms. The molecular formula is C16H23N3O. The molecule has 4 nitrogen and oxygen atoms in total. The van der Waals surface area contributed by atoms with Crippen LogP contribution in [0.3, 0.4) is 0 Å². The van der Waals surface area contributed by atoms with E-state index >= 15 is 0 Å². The van der Waals surface area contributed by atoms with Gasteiger partial charge in [0.1, 0.15) is 6.10 Å². The van der Waals surface area contributed by atoms with E-state index in [-0.39, 0.29) is 5.92 Å². The van der Waals surface area contributed by atoms with E-state index in [1.807, 2.05) is 30.3 Å². The van der Waals surface area contributed by atoms with Crippen molar-refractivity contribution in [2.75, 3.05) is 0 Å². The van der Waals surface area contributed by atoms with Gasteiger partial charge in [-0.25, -0.2) is 4.68 Å². The molecule has 108 valence electrons. The van der Waals surface area contributed by atoms with Gasteiger partial charge >= 0.3 is 0 Å². The van der Waals surface area contributed by atoms with Gasteiger partial charge < -0.3 is 5.11 Å². The smallest absolute Gasteiger partial charge is 0.101 e. The minimum absolute atomic E-state index is 0.269. The summed E-state index contributed by atoms with van der Waals surface area (Å²) in [6, 6.07) is 9.83. The number of hydrogen-bond acceptors (Lipinski definition) is 3. The molecule has 0 fully saturated rings. The van der Waals surface area contributed by atoms with Gasteiger partial charge in [-0.15, -0.1) is 5.10 Å². The minimum atomic E-state index is -0.509. The average Bonchev–Trinajstić information content (AvgIpc) is 2.96. The average molecular weight is 273 g/mol. The molecular weight excluding hydrogens is 250 g/mol. The van der Waals surface area contributed by atoms with Crippen molar-refractivity contribution < 1.29 is 5.11 Å². The Balaban J connectivity index is 2.26. The normalized spacial score (nSPS) is 12.8. The molecule has 1 N–H and O–H groups in total. The Labute approximate surface area is 120 Å². The fourth-order valence-electron chi connectivity index (χ4n) is 2.66. The molecule has 1 heterocycles. The van der Waals surface area contributed by atoms with Crippen LogP contribution in [0.2, 0.25) is 0 Å². The Hall–Kier alpha value is -1.68. The molecule has 4 heteroatoms. The van der Waals surface area contributed by atoms with Crippen molar-refractivity contribution >= 4 is 0 Å². The summed E-state index contributed by atoms with van der Waals surface area (Å²) in [5, 5.41) is 18.8. The summed E-state index contributed by atoms with van der Waals surface area (Å²) in [5.74, 6) is 0.269. The van der Waals surface area contributed by atoms with Gasteiger partial charge in [-0.1, -0.05) is 50.1 Å². The van der Waals surface area contributed by atoms with Crippen molar-refractivity contribution in [3.05, 3.63) is 42.2 Å². The molecule has 1 atom stereocenters. The molecule has 2 aromatic rings. The zero-order valence-corrected chi connectivity index (χ0v) is 12.2. The number of hydrogen-bond donors (Lipinski definition) is 1. The highest BCUT2D eigenvalue weighted by molar-refractivity contribution is 5.32. The topological polar surface area (TPSA) is 50.9 Å². The van der Waals surface area contributed by atoms with Crippen molar-refractivity contribution in [1.82, 2.24) is 15.0 Å². The van der Waals surface area contributed by atoms with Gasteiger partial charge in [0.2, 0.25) is 0 Å². The minimum Gasteiger partial charge on any atom is -0.386 e. The van der Waals surface area contributed by atoms with Gasteiger partial charge in [-0.2, -0.15) is 0 Å². The van der Waals surface area contributed by atoms with Crippen LogP contribution in [0.15, 0.2) is 36.5 Å². The molecule has 0 aliphatic heterocycles. The van der Waals surface area contributed by atoms with E-state index in [4.69, 9.17) is 0 Å². The molecule has 0 spiro atoms. The van der Waals surface area contributed by atoms with Crippen molar-refractivity contribution in [3.8, 4) is 5.69 Å². The first kappa shape index (κ1) is 14.7. The predicted molar refractivity (Wildman–Crippen MR) is 79.6 cm³/mol. The van der Waals surface area contributed by atoms with Crippen LogP contribution >= 0.6 is 0 Å².